The van der Waals surface area contributed by atoms with Crippen LogP contribution < -0.4 is 10.5 Å². The molecule has 0 spiro atoms. The maximum absolute atomic E-state index is 13.8. The van der Waals surface area contributed by atoms with Gasteiger partial charge in [0, 0.05) is 23.5 Å². The normalized spacial score (nSPS) is 10.1. The molecule has 0 fully saturated rings. The zero-order chi connectivity index (χ0) is 11.5. The highest BCUT2D eigenvalue weighted by molar-refractivity contribution is 5.72. The summed E-state index contributed by atoms with van der Waals surface area (Å²) < 4.78 is 18.9. The Bertz CT molecular complexity index is 514. The van der Waals surface area contributed by atoms with Crippen LogP contribution in [-0.4, -0.2) is 12.1 Å². The number of hydrogen-bond donors (Lipinski definition) is 1. The highest BCUT2D eigenvalue weighted by Gasteiger charge is 2.11. The summed E-state index contributed by atoms with van der Waals surface area (Å²) >= 11 is 0. The van der Waals surface area contributed by atoms with E-state index < -0.39 is 5.82 Å². The minimum absolute atomic E-state index is 0.114. The van der Waals surface area contributed by atoms with Gasteiger partial charge in [-0.1, -0.05) is 12.1 Å². The van der Waals surface area contributed by atoms with Crippen molar-refractivity contribution in [2.75, 3.05) is 12.8 Å². The lowest BCUT2D eigenvalue weighted by atomic mass is 10.1. The fourth-order valence-corrected chi connectivity index (χ4v) is 1.52. The molecule has 0 aliphatic heterocycles. The Labute approximate surface area is 92.7 Å². The third kappa shape index (κ3) is 1.69. The quantitative estimate of drug-likeness (QED) is 0.788. The molecular weight excluding hydrogens is 207 g/mol. The number of hydrogen-bond acceptors (Lipinski definition) is 3. The van der Waals surface area contributed by atoms with Gasteiger partial charge in [-0.25, -0.2) is 4.39 Å². The van der Waals surface area contributed by atoms with E-state index in [2.05, 4.69) is 4.98 Å². The molecule has 16 heavy (non-hydrogen) atoms. The smallest absolute Gasteiger partial charge is 0.154 e. The van der Waals surface area contributed by atoms with Crippen molar-refractivity contribution in [3.8, 4) is 16.9 Å². The van der Waals surface area contributed by atoms with Crippen LogP contribution in [0.15, 0.2) is 36.7 Å². The predicted octanol–water partition coefficient (Wildman–Crippen LogP) is 2.48. The van der Waals surface area contributed by atoms with E-state index in [9.17, 15) is 4.39 Å². The average molecular weight is 218 g/mol. The molecule has 0 radical (unpaired) electrons. The number of nitrogens with two attached hydrogens (primary N) is 1. The van der Waals surface area contributed by atoms with Crippen molar-refractivity contribution in [2.24, 2.45) is 0 Å². The first-order valence-corrected chi connectivity index (χ1v) is 4.76. The molecule has 0 saturated heterocycles. The van der Waals surface area contributed by atoms with Crippen molar-refractivity contribution in [1.29, 1.82) is 0 Å². The summed E-state index contributed by atoms with van der Waals surface area (Å²) in [6, 6.07) is 6.53. The average Bonchev–Trinajstić information content (AvgIpc) is 2.33. The van der Waals surface area contributed by atoms with Gasteiger partial charge in [-0.2, -0.15) is 0 Å². The number of anilines is 1. The highest BCUT2D eigenvalue weighted by Crippen LogP contribution is 2.32. The van der Waals surface area contributed by atoms with Gasteiger partial charge in [-0.05, 0) is 12.1 Å². The van der Waals surface area contributed by atoms with Crippen LogP contribution in [0.5, 0.6) is 5.75 Å². The molecule has 4 heteroatoms. The Morgan fingerprint density at radius 1 is 1.25 bits per heavy atom. The monoisotopic (exact) mass is 218 g/mol. The van der Waals surface area contributed by atoms with Crippen LogP contribution in [0, 0.1) is 5.82 Å². The number of benzene rings is 1. The summed E-state index contributed by atoms with van der Waals surface area (Å²) in [6.45, 7) is 0. The molecule has 1 heterocycles. The number of nitrogen functional groups attached to an aromatic ring is 1. The molecule has 82 valence electrons. The molecule has 2 aromatic rings. The molecule has 3 nitrogen and oxygen atoms in total. The first kappa shape index (κ1) is 10.4. The Morgan fingerprint density at radius 3 is 2.81 bits per heavy atom. The van der Waals surface area contributed by atoms with Gasteiger partial charge in [-0.15, -0.1) is 0 Å². The van der Waals surface area contributed by atoms with Crippen LogP contribution in [-0.2, 0) is 0 Å². The number of ether oxygens (including phenoxy) is 1. The zero-order valence-corrected chi connectivity index (χ0v) is 8.77. The van der Waals surface area contributed by atoms with Gasteiger partial charge in [0.1, 0.15) is 5.75 Å². The van der Waals surface area contributed by atoms with Crippen LogP contribution in [0.1, 0.15) is 0 Å². The highest BCUT2D eigenvalue weighted by atomic mass is 19.1. The largest absolute Gasteiger partial charge is 0.496 e. The van der Waals surface area contributed by atoms with E-state index in [1.54, 1.807) is 30.6 Å². The second kappa shape index (κ2) is 4.18. The number of methoxy groups -OCH3 is 1. The number of nitrogens with zero attached hydrogens (tertiary/aromatic N) is 1. The third-order valence-corrected chi connectivity index (χ3v) is 2.32. The van der Waals surface area contributed by atoms with E-state index in [4.69, 9.17) is 10.5 Å². The summed E-state index contributed by atoms with van der Waals surface area (Å²) in [4.78, 5) is 3.95. The molecule has 0 atom stereocenters. The number of pyridine rings is 1. The van der Waals surface area contributed by atoms with Gasteiger partial charge >= 0.3 is 0 Å². The Balaban J connectivity index is 2.63. The van der Waals surface area contributed by atoms with Crippen molar-refractivity contribution in [3.05, 3.63) is 42.5 Å². The third-order valence-electron chi connectivity index (χ3n) is 2.32. The number of halogens is 1. The number of aromatic nitrogens is 1. The van der Waals surface area contributed by atoms with Crippen LogP contribution in [0.3, 0.4) is 0 Å². The van der Waals surface area contributed by atoms with Gasteiger partial charge in [0.2, 0.25) is 0 Å². The lowest BCUT2D eigenvalue weighted by Gasteiger charge is -2.09. The SMILES string of the molecule is COc1ccncc1-c1cccc(N)c1F. The second-order valence-corrected chi connectivity index (χ2v) is 3.28. The van der Waals surface area contributed by atoms with E-state index in [0.717, 1.165) is 0 Å². The Kier molecular flexibility index (Phi) is 2.72. The summed E-state index contributed by atoms with van der Waals surface area (Å²) in [5.74, 6) is 0.119. The Morgan fingerprint density at radius 2 is 2.06 bits per heavy atom. The van der Waals surface area contributed by atoms with Crippen LogP contribution in [0.4, 0.5) is 10.1 Å². The van der Waals surface area contributed by atoms with E-state index in [1.165, 1.54) is 13.2 Å². The van der Waals surface area contributed by atoms with E-state index >= 15 is 0 Å². The topological polar surface area (TPSA) is 48.1 Å². The summed E-state index contributed by atoms with van der Waals surface area (Å²) in [6.07, 6.45) is 3.14. The summed E-state index contributed by atoms with van der Waals surface area (Å²) in [5, 5.41) is 0. The van der Waals surface area contributed by atoms with Gasteiger partial charge in [0.05, 0.1) is 12.8 Å². The first-order valence-electron chi connectivity index (χ1n) is 4.76. The first-order chi connectivity index (χ1) is 7.74. The van der Waals surface area contributed by atoms with E-state index in [1.807, 2.05) is 0 Å². The fourth-order valence-electron chi connectivity index (χ4n) is 1.52. The fraction of sp³-hybridized carbons (Fsp3) is 0.0833. The van der Waals surface area contributed by atoms with Gasteiger partial charge in [-0.3, -0.25) is 4.98 Å². The molecule has 0 bridgehead atoms. The van der Waals surface area contributed by atoms with Gasteiger partial charge in [0.25, 0.3) is 0 Å². The maximum atomic E-state index is 13.8. The zero-order valence-electron chi connectivity index (χ0n) is 8.77. The summed E-state index contributed by atoms with van der Waals surface area (Å²) in [5.41, 5.74) is 6.61. The lowest BCUT2D eigenvalue weighted by molar-refractivity contribution is 0.415. The van der Waals surface area contributed by atoms with Crippen molar-refractivity contribution in [3.63, 3.8) is 0 Å². The van der Waals surface area contributed by atoms with Crippen molar-refractivity contribution in [1.82, 2.24) is 4.98 Å². The molecular formula is C12H11FN2O. The molecule has 0 unspecified atom stereocenters. The molecule has 2 rings (SSSR count). The van der Waals surface area contributed by atoms with Crippen molar-refractivity contribution >= 4 is 5.69 Å². The van der Waals surface area contributed by atoms with Crippen molar-refractivity contribution < 1.29 is 9.13 Å². The number of rotatable bonds is 2. The van der Waals surface area contributed by atoms with Crippen molar-refractivity contribution in [2.45, 2.75) is 0 Å². The van der Waals surface area contributed by atoms with Gasteiger partial charge in [0.15, 0.2) is 5.82 Å². The van der Waals surface area contributed by atoms with Gasteiger partial charge < -0.3 is 10.5 Å². The molecule has 1 aromatic carbocycles. The second-order valence-electron chi connectivity index (χ2n) is 3.28. The van der Waals surface area contributed by atoms with Crippen LogP contribution in [0.2, 0.25) is 0 Å². The minimum atomic E-state index is -0.450. The van der Waals surface area contributed by atoms with E-state index in [0.29, 0.717) is 16.9 Å². The standard InChI is InChI=1S/C12H11FN2O/c1-16-11-5-6-15-7-9(11)8-3-2-4-10(14)12(8)13/h2-7H,14H2,1H3. The minimum Gasteiger partial charge on any atom is -0.496 e. The lowest BCUT2D eigenvalue weighted by Crippen LogP contribution is -1.95. The van der Waals surface area contributed by atoms with Crippen LogP contribution in [0.25, 0.3) is 11.1 Å². The Hall–Kier alpha value is -2.10. The predicted molar refractivity (Wildman–Crippen MR) is 60.6 cm³/mol. The van der Waals surface area contributed by atoms with Crippen LogP contribution >= 0.6 is 0 Å². The van der Waals surface area contributed by atoms with E-state index in [-0.39, 0.29) is 5.69 Å². The molecule has 0 aliphatic rings. The summed E-state index contributed by atoms with van der Waals surface area (Å²) in [7, 11) is 1.53. The maximum Gasteiger partial charge on any atom is 0.154 e. The molecule has 0 saturated carbocycles. The molecule has 0 amide bonds. The molecule has 0 aliphatic carbocycles. The molecule has 2 N–H and O–H groups in total. The molecule has 1 aromatic heterocycles.